The van der Waals surface area contributed by atoms with Crippen molar-refractivity contribution in [3.8, 4) is 11.1 Å². The van der Waals surface area contributed by atoms with E-state index in [0.717, 1.165) is 16.0 Å². The van der Waals surface area contributed by atoms with Gasteiger partial charge in [-0.05, 0) is 51.3 Å². The van der Waals surface area contributed by atoms with Gasteiger partial charge in [-0.3, -0.25) is 14.2 Å². The van der Waals surface area contributed by atoms with E-state index in [0.29, 0.717) is 10.2 Å². The zero-order chi connectivity index (χ0) is 19.0. The number of hydrogen-bond donors (Lipinski definition) is 0. The molecule has 0 aliphatic heterocycles. The summed E-state index contributed by atoms with van der Waals surface area (Å²) in [4.78, 5) is 31.1. The smallest absolute Gasteiger partial charge is 0.326 e. The summed E-state index contributed by atoms with van der Waals surface area (Å²) in [6.45, 7) is 9.53. The molecule has 0 aliphatic carbocycles. The van der Waals surface area contributed by atoms with E-state index in [9.17, 15) is 9.59 Å². The minimum atomic E-state index is -0.442. The first-order valence-corrected chi connectivity index (χ1v) is 9.35. The van der Waals surface area contributed by atoms with Gasteiger partial charge in [-0.15, -0.1) is 11.3 Å². The molecule has 0 amide bonds. The van der Waals surface area contributed by atoms with Crippen LogP contribution in [0.2, 0.25) is 0 Å². The molecule has 5 nitrogen and oxygen atoms in total. The zero-order valence-corrected chi connectivity index (χ0v) is 16.4. The van der Waals surface area contributed by atoms with Crippen LogP contribution in [0.1, 0.15) is 29.9 Å². The highest BCUT2D eigenvalue weighted by Crippen LogP contribution is 2.36. The first-order chi connectivity index (χ1) is 12.3. The van der Waals surface area contributed by atoms with Crippen molar-refractivity contribution in [2.24, 2.45) is 0 Å². The second kappa shape index (κ2) is 7.03. The fourth-order valence-corrected chi connectivity index (χ4v) is 3.94. The number of thiophene rings is 1. The van der Waals surface area contributed by atoms with Crippen LogP contribution < -0.4 is 5.56 Å². The van der Waals surface area contributed by atoms with E-state index in [2.05, 4.69) is 31.0 Å². The van der Waals surface area contributed by atoms with Gasteiger partial charge in [-0.25, -0.2) is 4.98 Å². The molecule has 136 valence electrons. The molecule has 0 fully saturated rings. The van der Waals surface area contributed by atoms with Crippen LogP contribution in [-0.2, 0) is 16.1 Å². The average Bonchev–Trinajstić information content (AvgIpc) is 2.89. The van der Waals surface area contributed by atoms with Gasteiger partial charge in [0.1, 0.15) is 11.4 Å². The van der Waals surface area contributed by atoms with Crippen molar-refractivity contribution in [1.82, 2.24) is 9.55 Å². The number of hydrogen-bond acceptors (Lipinski definition) is 5. The van der Waals surface area contributed by atoms with Crippen molar-refractivity contribution in [1.29, 1.82) is 0 Å². The van der Waals surface area contributed by atoms with Crippen molar-refractivity contribution in [3.05, 3.63) is 50.9 Å². The second-order valence-corrected chi connectivity index (χ2v) is 7.93. The van der Waals surface area contributed by atoms with Crippen molar-refractivity contribution in [2.45, 2.75) is 47.3 Å². The maximum Gasteiger partial charge on any atom is 0.326 e. The quantitative estimate of drug-likeness (QED) is 0.651. The predicted octanol–water partition coefficient (Wildman–Crippen LogP) is 4.00. The molecule has 0 bridgehead atoms. The molecule has 2 aromatic heterocycles. The molecule has 0 unspecified atom stereocenters. The zero-order valence-electron chi connectivity index (χ0n) is 15.6. The Bertz CT molecular complexity index is 1050. The molecular weight excluding hydrogens is 348 g/mol. The molecule has 3 rings (SSSR count). The van der Waals surface area contributed by atoms with Crippen molar-refractivity contribution >= 4 is 27.5 Å². The molecule has 0 N–H and O–H groups in total. The number of benzene rings is 1. The first-order valence-electron chi connectivity index (χ1n) is 8.53. The van der Waals surface area contributed by atoms with Gasteiger partial charge in [-0.1, -0.05) is 18.2 Å². The van der Waals surface area contributed by atoms with Gasteiger partial charge < -0.3 is 4.74 Å². The first kappa shape index (κ1) is 18.3. The molecule has 2 heterocycles. The van der Waals surface area contributed by atoms with Crippen molar-refractivity contribution < 1.29 is 9.53 Å². The lowest BCUT2D eigenvalue weighted by atomic mass is 9.99. The van der Waals surface area contributed by atoms with Gasteiger partial charge in [0.15, 0.2) is 0 Å². The Morgan fingerprint density at radius 1 is 1.23 bits per heavy atom. The summed E-state index contributed by atoms with van der Waals surface area (Å²) in [5, 5.41) is 0.565. The van der Waals surface area contributed by atoms with Gasteiger partial charge >= 0.3 is 5.97 Å². The maximum absolute atomic E-state index is 13.0. The largest absolute Gasteiger partial charge is 0.462 e. The standard InChI is InChI=1S/C20H22N2O3S/c1-11(2)25-16(23)9-22-10-21-19-18(20(22)24)17(14(5)26-19)15-7-6-12(3)13(4)8-15/h6-8,10-11H,9H2,1-5H3. The SMILES string of the molecule is Cc1ccc(-c2c(C)sc3ncn(CC(=O)OC(C)C)c(=O)c23)cc1C. The van der Waals surface area contributed by atoms with Crippen LogP contribution in [0.3, 0.4) is 0 Å². The molecule has 0 saturated heterocycles. The fourth-order valence-electron chi connectivity index (χ4n) is 2.93. The van der Waals surface area contributed by atoms with Gasteiger partial charge in [-0.2, -0.15) is 0 Å². The average molecular weight is 370 g/mol. The number of nitrogens with zero attached hydrogens (tertiary/aromatic N) is 2. The third kappa shape index (κ3) is 3.42. The van der Waals surface area contributed by atoms with Gasteiger partial charge in [0, 0.05) is 10.4 Å². The normalized spacial score (nSPS) is 11.3. The highest BCUT2D eigenvalue weighted by atomic mass is 32.1. The van der Waals surface area contributed by atoms with E-state index in [1.165, 1.54) is 33.4 Å². The number of carbonyl (C=O) groups is 1. The minimum absolute atomic E-state index is 0.138. The van der Waals surface area contributed by atoms with E-state index >= 15 is 0 Å². The van der Waals surface area contributed by atoms with Crippen LogP contribution >= 0.6 is 11.3 Å². The fraction of sp³-hybridized carbons (Fsp3) is 0.350. The van der Waals surface area contributed by atoms with E-state index in [4.69, 9.17) is 4.74 Å². The van der Waals surface area contributed by atoms with Crippen LogP contribution in [-0.4, -0.2) is 21.6 Å². The Hall–Kier alpha value is -2.47. The maximum atomic E-state index is 13.0. The molecule has 1 aromatic carbocycles. The lowest BCUT2D eigenvalue weighted by molar-refractivity contribution is -0.148. The van der Waals surface area contributed by atoms with Crippen LogP contribution in [0, 0.1) is 20.8 Å². The van der Waals surface area contributed by atoms with E-state index < -0.39 is 5.97 Å². The molecule has 0 saturated carbocycles. The Morgan fingerprint density at radius 3 is 2.62 bits per heavy atom. The monoisotopic (exact) mass is 370 g/mol. The summed E-state index contributed by atoms with van der Waals surface area (Å²) in [6, 6.07) is 6.18. The topological polar surface area (TPSA) is 61.2 Å². The number of fused-ring (bicyclic) bond motifs is 1. The van der Waals surface area contributed by atoms with E-state index in [-0.39, 0.29) is 18.2 Å². The van der Waals surface area contributed by atoms with Gasteiger partial charge in [0.2, 0.25) is 0 Å². The van der Waals surface area contributed by atoms with Crippen LogP contribution in [0.5, 0.6) is 0 Å². The number of rotatable bonds is 4. The Morgan fingerprint density at radius 2 is 1.96 bits per heavy atom. The minimum Gasteiger partial charge on any atom is -0.462 e. The lowest BCUT2D eigenvalue weighted by Gasteiger charge is -2.10. The van der Waals surface area contributed by atoms with E-state index in [1.807, 2.05) is 13.0 Å². The third-order valence-electron chi connectivity index (χ3n) is 4.32. The summed E-state index contributed by atoms with van der Waals surface area (Å²) in [7, 11) is 0. The summed E-state index contributed by atoms with van der Waals surface area (Å²) in [5.74, 6) is -0.442. The molecule has 0 radical (unpaired) electrons. The molecular formula is C20H22N2O3S. The molecule has 0 aliphatic rings. The number of ether oxygens (including phenoxy) is 1. The summed E-state index contributed by atoms with van der Waals surface area (Å²) < 4.78 is 6.47. The van der Waals surface area contributed by atoms with Gasteiger partial charge in [0.25, 0.3) is 5.56 Å². The molecule has 6 heteroatoms. The second-order valence-electron chi connectivity index (χ2n) is 6.73. The number of esters is 1. The summed E-state index contributed by atoms with van der Waals surface area (Å²) in [5.41, 5.74) is 4.06. The molecule has 26 heavy (non-hydrogen) atoms. The molecule has 3 aromatic rings. The third-order valence-corrected chi connectivity index (χ3v) is 5.33. The Kier molecular flexibility index (Phi) is 4.96. The molecule has 0 atom stereocenters. The Balaban J connectivity index is 2.14. The lowest BCUT2D eigenvalue weighted by Crippen LogP contribution is -2.26. The number of aromatic nitrogens is 2. The summed E-state index contributed by atoms with van der Waals surface area (Å²) >= 11 is 1.50. The highest BCUT2D eigenvalue weighted by molar-refractivity contribution is 7.19. The van der Waals surface area contributed by atoms with Crippen LogP contribution in [0.25, 0.3) is 21.3 Å². The summed E-state index contributed by atoms with van der Waals surface area (Å²) in [6.07, 6.45) is 1.20. The molecule has 0 spiro atoms. The Labute approximate surface area is 156 Å². The number of carbonyl (C=O) groups excluding carboxylic acids is 1. The van der Waals surface area contributed by atoms with Crippen molar-refractivity contribution in [2.75, 3.05) is 0 Å². The van der Waals surface area contributed by atoms with Crippen molar-refractivity contribution in [3.63, 3.8) is 0 Å². The predicted molar refractivity (Wildman–Crippen MR) is 105 cm³/mol. The van der Waals surface area contributed by atoms with Crippen LogP contribution in [0.15, 0.2) is 29.3 Å². The van der Waals surface area contributed by atoms with Gasteiger partial charge in [0.05, 0.1) is 17.8 Å². The number of aryl methyl sites for hydroxylation is 3. The van der Waals surface area contributed by atoms with Crippen LogP contribution in [0.4, 0.5) is 0 Å². The van der Waals surface area contributed by atoms with E-state index in [1.54, 1.807) is 13.8 Å². The highest BCUT2D eigenvalue weighted by Gasteiger charge is 2.18.